The van der Waals surface area contributed by atoms with Gasteiger partial charge in [-0.2, -0.15) is 5.10 Å². The van der Waals surface area contributed by atoms with Crippen LogP contribution in [0.3, 0.4) is 0 Å². The highest BCUT2D eigenvalue weighted by atomic mass is 16.4. The molecule has 0 saturated carbocycles. The Kier molecular flexibility index (Phi) is 4.55. The highest BCUT2D eigenvalue weighted by molar-refractivity contribution is 5.74. The van der Waals surface area contributed by atoms with Crippen LogP contribution in [0.4, 0.5) is 4.79 Å². The van der Waals surface area contributed by atoms with E-state index in [1.54, 1.807) is 17.8 Å². The van der Waals surface area contributed by atoms with Crippen molar-refractivity contribution in [1.82, 2.24) is 30.6 Å². The molecule has 0 bridgehead atoms. The molecule has 2 aromatic heterocycles. The van der Waals surface area contributed by atoms with Crippen molar-refractivity contribution in [1.29, 1.82) is 0 Å². The van der Waals surface area contributed by atoms with Gasteiger partial charge in [0.2, 0.25) is 11.8 Å². The average molecular weight is 326 g/mol. The van der Waals surface area contributed by atoms with Gasteiger partial charge in [-0.05, 0) is 5.56 Å². The molecule has 0 aliphatic rings. The van der Waals surface area contributed by atoms with E-state index in [-0.39, 0.29) is 18.6 Å². The Hall–Kier alpha value is -3.16. The third-order valence-electron chi connectivity index (χ3n) is 3.43. The maximum atomic E-state index is 12.2. The minimum Gasteiger partial charge on any atom is -0.424 e. The quantitative estimate of drug-likeness (QED) is 0.743. The van der Waals surface area contributed by atoms with Crippen LogP contribution in [0.5, 0.6) is 0 Å². The second-order valence-electron chi connectivity index (χ2n) is 5.33. The van der Waals surface area contributed by atoms with E-state index in [9.17, 15) is 4.79 Å². The number of hydrogen-bond acceptors (Lipinski definition) is 5. The molecule has 1 unspecified atom stereocenters. The van der Waals surface area contributed by atoms with Crippen LogP contribution in [0.25, 0.3) is 0 Å². The van der Waals surface area contributed by atoms with Crippen LogP contribution in [0, 0.1) is 6.92 Å². The first-order valence-corrected chi connectivity index (χ1v) is 7.48. The zero-order chi connectivity index (χ0) is 16.9. The smallest absolute Gasteiger partial charge is 0.315 e. The highest BCUT2D eigenvalue weighted by Gasteiger charge is 2.18. The van der Waals surface area contributed by atoms with Gasteiger partial charge in [-0.1, -0.05) is 30.3 Å². The molecule has 0 aliphatic heterocycles. The summed E-state index contributed by atoms with van der Waals surface area (Å²) < 4.78 is 6.93. The van der Waals surface area contributed by atoms with Crippen LogP contribution in [0.1, 0.15) is 29.0 Å². The fraction of sp³-hybridized carbons (Fsp3) is 0.250. The number of hydrogen-bond donors (Lipinski definition) is 2. The summed E-state index contributed by atoms with van der Waals surface area (Å²) in [5.74, 6) is 0.824. The maximum Gasteiger partial charge on any atom is 0.315 e. The van der Waals surface area contributed by atoms with Crippen molar-refractivity contribution >= 4 is 6.03 Å². The second-order valence-corrected chi connectivity index (χ2v) is 5.33. The lowest BCUT2D eigenvalue weighted by atomic mass is 10.0. The molecule has 3 rings (SSSR count). The Morgan fingerprint density at radius 2 is 2.04 bits per heavy atom. The molecule has 0 spiro atoms. The topological polar surface area (TPSA) is 97.9 Å². The number of nitrogens with one attached hydrogen (secondary N) is 2. The third kappa shape index (κ3) is 3.78. The van der Waals surface area contributed by atoms with Gasteiger partial charge in [0, 0.05) is 25.7 Å². The van der Waals surface area contributed by atoms with Gasteiger partial charge < -0.3 is 15.1 Å². The summed E-state index contributed by atoms with van der Waals surface area (Å²) >= 11 is 0. The fourth-order valence-corrected chi connectivity index (χ4v) is 2.34. The molecule has 0 radical (unpaired) electrons. The molecule has 8 heteroatoms. The number of amides is 2. The molecular weight excluding hydrogens is 308 g/mol. The van der Waals surface area contributed by atoms with Crippen molar-refractivity contribution in [3.63, 3.8) is 0 Å². The summed E-state index contributed by atoms with van der Waals surface area (Å²) in [6.45, 7) is 1.87. The van der Waals surface area contributed by atoms with Crippen molar-refractivity contribution in [2.45, 2.75) is 19.5 Å². The molecule has 0 fully saturated rings. The zero-order valence-electron chi connectivity index (χ0n) is 13.4. The number of benzene rings is 1. The van der Waals surface area contributed by atoms with Gasteiger partial charge in [0.05, 0.1) is 18.8 Å². The summed E-state index contributed by atoms with van der Waals surface area (Å²) in [7, 11) is 1.84. The van der Waals surface area contributed by atoms with Crippen molar-refractivity contribution in [2.24, 2.45) is 7.05 Å². The molecule has 1 aromatic carbocycles. The summed E-state index contributed by atoms with van der Waals surface area (Å²) in [6, 6.07) is 9.08. The van der Waals surface area contributed by atoms with Gasteiger partial charge in [0.1, 0.15) is 0 Å². The number of aryl methyl sites for hydroxylation is 2. The van der Waals surface area contributed by atoms with Crippen LogP contribution >= 0.6 is 0 Å². The predicted molar refractivity (Wildman–Crippen MR) is 85.9 cm³/mol. The van der Waals surface area contributed by atoms with E-state index < -0.39 is 0 Å². The normalized spacial score (nSPS) is 11.9. The minimum atomic E-state index is -0.330. The van der Waals surface area contributed by atoms with Crippen molar-refractivity contribution in [3.05, 3.63) is 65.6 Å². The summed E-state index contributed by atoms with van der Waals surface area (Å²) in [5, 5.41) is 17.4. The van der Waals surface area contributed by atoms with Gasteiger partial charge in [-0.15, -0.1) is 10.2 Å². The Labute approximate surface area is 138 Å². The summed E-state index contributed by atoms with van der Waals surface area (Å²) in [6.07, 6.45) is 3.61. The first-order valence-electron chi connectivity index (χ1n) is 7.48. The SMILES string of the molecule is Cc1nnc(CNC(=O)NC(c2ccccc2)c2cnn(C)c2)o1. The Morgan fingerprint density at radius 1 is 1.25 bits per heavy atom. The monoisotopic (exact) mass is 326 g/mol. The third-order valence-corrected chi connectivity index (χ3v) is 3.43. The molecule has 24 heavy (non-hydrogen) atoms. The van der Waals surface area contributed by atoms with E-state index in [4.69, 9.17) is 4.42 Å². The van der Waals surface area contributed by atoms with E-state index in [0.717, 1.165) is 11.1 Å². The Balaban J connectivity index is 1.70. The number of rotatable bonds is 5. The number of carbonyl (C=O) groups excluding carboxylic acids is 1. The zero-order valence-corrected chi connectivity index (χ0v) is 13.4. The van der Waals surface area contributed by atoms with Crippen molar-refractivity contribution in [3.8, 4) is 0 Å². The number of aromatic nitrogens is 4. The standard InChI is InChI=1S/C16H18N6O2/c1-11-20-21-14(24-11)9-17-16(23)19-15(12-6-4-3-5-7-12)13-8-18-22(2)10-13/h3-8,10,15H,9H2,1-2H3,(H2,17,19,23). The van der Waals surface area contributed by atoms with Crippen LogP contribution in [-0.2, 0) is 13.6 Å². The van der Waals surface area contributed by atoms with Gasteiger partial charge in [0.15, 0.2) is 0 Å². The molecule has 2 amide bonds. The Morgan fingerprint density at radius 3 is 2.67 bits per heavy atom. The number of urea groups is 1. The van der Waals surface area contributed by atoms with E-state index in [2.05, 4.69) is 25.9 Å². The molecule has 0 saturated heterocycles. The van der Waals surface area contributed by atoms with Crippen LogP contribution in [0.2, 0.25) is 0 Å². The molecular formula is C16H18N6O2. The van der Waals surface area contributed by atoms with Gasteiger partial charge in [-0.3, -0.25) is 4.68 Å². The van der Waals surface area contributed by atoms with E-state index in [0.29, 0.717) is 11.8 Å². The van der Waals surface area contributed by atoms with Gasteiger partial charge in [-0.25, -0.2) is 4.79 Å². The van der Waals surface area contributed by atoms with Crippen molar-refractivity contribution < 1.29 is 9.21 Å². The maximum absolute atomic E-state index is 12.2. The van der Waals surface area contributed by atoms with Crippen LogP contribution in [0.15, 0.2) is 47.1 Å². The average Bonchev–Trinajstić information content (AvgIpc) is 3.20. The molecule has 2 heterocycles. The number of carbonyl (C=O) groups is 1. The fourth-order valence-electron chi connectivity index (χ4n) is 2.34. The van der Waals surface area contributed by atoms with Gasteiger partial charge >= 0.3 is 6.03 Å². The summed E-state index contributed by atoms with van der Waals surface area (Å²) in [5.41, 5.74) is 1.86. The molecule has 8 nitrogen and oxygen atoms in total. The predicted octanol–water partition coefficient (Wildman–Crippen LogP) is 1.70. The van der Waals surface area contributed by atoms with E-state index >= 15 is 0 Å². The second kappa shape index (κ2) is 6.95. The van der Waals surface area contributed by atoms with Gasteiger partial charge in [0.25, 0.3) is 0 Å². The lowest BCUT2D eigenvalue weighted by molar-refractivity contribution is 0.237. The molecule has 2 N–H and O–H groups in total. The van der Waals surface area contributed by atoms with Crippen molar-refractivity contribution in [2.75, 3.05) is 0 Å². The largest absolute Gasteiger partial charge is 0.424 e. The van der Waals surface area contributed by atoms with Crippen LogP contribution < -0.4 is 10.6 Å². The molecule has 1 atom stereocenters. The molecule has 0 aliphatic carbocycles. The Bertz CT molecular complexity index is 811. The summed E-state index contributed by atoms with van der Waals surface area (Å²) in [4.78, 5) is 12.2. The molecule has 3 aromatic rings. The van der Waals surface area contributed by atoms with E-state index in [1.807, 2.05) is 43.6 Å². The van der Waals surface area contributed by atoms with Crippen LogP contribution in [-0.4, -0.2) is 26.0 Å². The molecule has 124 valence electrons. The first kappa shape index (κ1) is 15.7. The first-order chi connectivity index (χ1) is 11.6. The number of nitrogens with zero attached hydrogens (tertiary/aromatic N) is 4. The highest BCUT2D eigenvalue weighted by Crippen LogP contribution is 2.21. The van der Waals surface area contributed by atoms with E-state index in [1.165, 1.54) is 0 Å². The minimum absolute atomic E-state index is 0.168. The lowest BCUT2D eigenvalue weighted by Crippen LogP contribution is -2.38. The lowest BCUT2D eigenvalue weighted by Gasteiger charge is -2.18.